The van der Waals surface area contributed by atoms with Crippen LogP contribution >= 0.6 is 0 Å². The van der Waals surface area contributed by atoms with Crippen molar-refractivity contribution in [3.8, 4) is 0 Å². The standard InChI is InChI=1S/C22H24N2O/c1-2-22-11-6-12-23-13-10-18-17-8-3-4-9-19(17)24(20(18)21(22)23)16(15-22)7-5-14-25/h3-5,7-9,14-15,21H,2,6,10-13H2,1H3/b7-5+/t21-,22+/m1/s1. The molecule has 2 atom stereocenters. The summed E-state index contributed by atoms with van der Waals surface area (Å²) >= 11 is 0. The normalized spacial score (nSPS) is 28.2. The molecule has 5 rings (SSSR count). The van der Waals surface area contributed by atoms with Gasteiger partial charge < -0.3 is 4.57 Å². The van der Waals surface area contributed by atoms with Crippen molar-refractivity contribution >= 4 is 22.9 Å². The topological polar surface area (TPSA) is 25.2 Å². The molecule has 1 fully saturated rings. The van der Waals surface area contributed by atoms with E-state index < -0.39 is 0 Å². The molecule has 0 saturated carbocycles. The van der Waals surface area contributed by atoms with Crippen molar-refractivity contribution < 1.29 is 4.79 Å². The molecule has 25 heavy (non-hydrogen) atoms. The molecule has 4 heterocycles. The SMILES string of the molecule is CC[C@@]12C=C(/C=C/C=O)n3c4c(c5ccccc53)CCN(CCC1)[C@H]42. The largest absolute Gasteiger partial charge is 0.312 e. The summed E-state index contributed by atoms with van der Waals surface area (Å²) in [5.74, 6) is 0. The first kappa shape index (κ1) is 15.2. The zero-order valence-electron chi connectivity index (χ0n) is 14.7. The van der Waals surface area contributed by atoms with Crippen molar-refractivity contribution in [2.45, 2.75) is 38.6 Å². The summed E-state index contributed by atoms with van der Waals surface area (Å²) in [5, 5.41) is 1.39. The second-order valence-electron chi connectivity index (χ2n) is 7.66. The van der Waals surface area contributed by atoms with Crippen LogP contribution in [0.1, 0.15) is 43.5 Å². The number of para-hydroxylation sites is 1. The number of benzene rings is 1. The first-order valence-electron chi connectivity index (χ1n) is 9.50. The lowest BCUT2D eigenvalue weighted by molar-refractivity contribution is -0.104. The molecule has 0 spiro atoms. The second kappa shape index (κ2) is 5.43. The molecule has 1 aromatic carbocycles. The number of rotatable bonds is 3. The summed E-state index contributed by atoms with van der Waals surface area (Å²) in [6.45, 7) is 4.70. The van der Waals surface area contributed by atoms with Gasteiger partial charge >= 0.3 is 0 Å². The third kappa shape index (κ3) is 1.93. The van der Waals surface area contributed by atoms with Gasteiger partial charge in [0.2, 0.25) is 0 Å². The van der Waals surface area contributed by atoms with Gasteiger partial charge in [-0.25, -0.2) is 0 Å². The molecule has 3 aliphatic rings. The summed E-state index contributed by atoms with van der Waals surface area (Å²) in [4.78, 5) is 13.7. The Kier molecular flexibility index (Phi) is 3.29. The molecule has 0 radical (unpaired) electrons. The minimum atomic E-state index is 0.195. The Bertz CT molecular complexity index is 919. The van der Waals surface area contributed by atoms with E-state index >= 15 is 0 Å². The van der Waals surface area contributed by atoms with Crippen molar-refractivity contribution in [1.29, 1.82) is 0 Å². The predicted octanol–water partition coefficient (Wildman–Crippen LogP) is 4.34. The van der Waals surface area contributed by atoms with Gasteiger partial charge in [-0.15, -0.1) is 0 Å². The average Bonchev–Trinajstić information content (AvgIpc) is 3.00. The fraction of sp³-hybridized carbons (Fsp3) is 0.409. The highest BCUT2D eigenvalue weighted by molar-refractivity contribution is 5.91. The van der Waals surface area contributed by atoms with Crippen LogP contribution in [-0.4, -0.2) is 28.8 Å². The Morgan fingerprint density at radius 2 is 2.16 bits per heavy atom. The van der Waals surface area contributed by atoms with E-state index in [1.807, 2.05) is 6.08 Å². The molecular formula is C22H24N2O. The van der Waals surface area contributed by atoms with Crippen molar-refractivity contribution in [3.63, 3.8) is 0 Å². The number of carbonyl (C=O) groups is 1. The van der Waals surface area contributed by atoms with Gasteiger partial charge in [0.1, 0.15) is 6.29 Å². The molecule has 3 aliphatic heterocycles. The smallest absolute Gasteiger partial charge is 0.142 e. The molecule has 0 bridgehead atoms. The van der Waals surface area contributed by atoms with E-state index in [2.05, 4.69) is 46.7 Å². The van der Waals surface area contributed by atoms with Crippen LogP contribution in [0.3, 0.4) is 0 Å². The Hall–Kier alpha value is -2.13. The number of hydrogen-bond acceptors (Lipinski definition) is 2. The summed E-state index contributed by atoms with van der Waals surface area (Å²) in [6, 6.07) is 9.25. The third-order valence-electron chi connectivity index (χ3n) is 6.62. The van der Waals surface area contributed by atoms with Gasteiger partial charge in [0.05, 0.1) is 11.6 Å². The van der Waals surface area contributed by atoms with Crippen LogP contribution in [0.25, 0.3) is 16.6 Å². The van der Waals surface area contributed by atoms with E-state index in [1.54, 1.807) is 6.08 Å². The van der Waals surface area contributed by atoms with Crippen LogP contribution in [0.4, 0.5) is 0 Å². The first-order chi connectivity index (χ1) is 12.3. The highest BCUT2D eigenvalue weighted by Gasteiger charge is 2.49. The van der Waals surface area contributed by atoms with Crippen molar-refractivity contribution in [3.05, 3.63) is 53.8 Å². The predicted molar refractivity (Wildman–Crippen MR) is 101 cm³/mol. The van der Waals surface area contributed by atoms with Crippen LogP contribution in [0.2, 0.25) is 0 Å². The highest BCUT2D eigenvalue weighted by atomic mass is 16.1. The summed E-state index contributed by atoms with van der Waals surface area (Å²) in [5.41, 5.74) is 5.67. The molecule has 1 aromatic heterocycles. The minimum Gasteiger partial charge on any atom is -0.312 e. The van der Waals surface area contributed by atoms with Gasteiger partial charge in [-0.3, -0.25) is 9.69 Å². The second-order valence-corrected chi connectivity index (χ2v) is 7.66. The molecule has 1 saturated heterocycles. The molecular weight excluding hydrogens is 308 g/mol. The number of aromatic nitrogens is 1. The Labute approximate surface area is 148 Å². The first-order valence-corrected chi connectivity index (χ1v) is 9.50. The summed E-state index contributed by atoms with van der Waals surface area (Å²) in [7, 11) is 0. The number of piperidine rings is 1. The van der Waals surface area contributed by atoms with Crippen molar-refractivity contribution in [1.82, 2.24) is 9.47 Å². The van der Waals surface area contributed by atoms with Gasteiger partial charge in [-0.1, -0.05) is 31.2 Å². The lowest BCUT2D eigenvalue weighted by Gasteiger charge is -2.53. The molecule has 0 amide bonds. The van der Waals surface area contributed by atoms with Crippen LogP contribution in [0.5, 0.6) is 0 Å². The molecule has 0 unspecified atom stereocenters. The third-order valence-corrected chi connectivity index (χ3v) is 6.62. The van der Waals surface area contributed by atoms with Gasteiger partial charge in [-0.05, 0) is 56.0 Å². The van der Waals surface area contributed by atoms with Crippen molar-refractivity contribution in [2.75, 3.05) is 13.1 Å². The molecule has 3 heteroatoms. The van der Waals surface area contributed by atoms with Crippen molar-refractivity contribution in [2.24, 2.45) is 5.41 Å². The zero-order chi connectivity index (χ0) is 17.0. The average molecular weight is 332 g/mol. The van der Waals surface area contributed by atoms with Crippen LogP contribution in [-0.2, 0) is 11.2 Å². The fourth-order valence-corrected chi connectivity index (χ4v) is 5.58. The number of aldehydes is 1. The maximum Gasteiger partial charge on any atom is 0.142 e. The molecule has 0 N–H and O–H groups in total. The van der Waals surface area contributed by atoms with Crippen LogP contribution in [0.15, 0.2) is 42.5 Å². The fourth-order valence-electron chi connectivity index (χ4n) is 5.58. The zero-order valence-corrected chi connectivity index (χ0v) is 14.7. The number of carbonyl (C=O) groups excluding carboxylic acids is 1. The highest BCUT2D eigenvalue weighted by Crippen LogP contribution is 2.57. The van der Waals surface area contributed by atoms with Gasteiger partial charge in [-0.2, -0.15) is 0 Å². The Morgan fingerprint density at radius 3 is 3.00 bits per heavy atom. The van der Waals surface area contributed by atoms with Gasteiger partial charge in [0.15, 0.2) is 0 Å². The van der Waals surface area contributed by atoms with E-state index in [4.69, 9.17) is 0 Å². The van der Waals surface area contributed by atoms with Gasteiger partial charge in [0, 0.05) is 28.7 Å². The lowest BCUT2D eigenvalue weighted by atomic mass is 9.66. The van der Waals surface area contributed by atoms with E-state index in [1.165, 1.54) is 53.8 Å². The van der Waals surface area contributed by atoms with E-state index in [9.17, 15) is 4.79 Å². The quantitative estimate of drug-likeness (QED) is 0.617. The lowest BCUT2D eigenvalue weighted by Crippen LogP contribution is -2.50. The molecule has 128 valence electrons. The van der Waals surface area contributed by atoms with E-state index in [0.717, 1.165) is 19.1 Å². The molecule has 0 aliphatic carbocycles. The number of fused-ring (bicyclic) bond motifs is 3. The molecule has 3 nitrogen and oxygen atoms in total. The number of nitrogens with zero attached hydrogens (tertiary/aromatic N) is 2. The Morgan fingerprint density at radius 1 is 1.28 bits per heavy atom. The van der Waals surface area contributed by atoms with E-state index in [0.29, 0.717) is 6.04 Å². The van der Waals surface area contributed by atoms with Crippen LogP contribution < -0.4 is 0 Å². The Balaban J connectivity index is 1.87. The minimum absolute atomic E-state index is 0.195. The number of allylic oxidation sites excluding steroid dienone is 3. The number of hydrogen-bond donors (Lipinski definition) is 0. The monoisotopic (exact) mass is 332 g/mol. The maximum atomic E-state index is 11.0. The summed E-state index contributed by atoms with van der Waals surface area (Å²) in [6.07, 6.45) is 11.8. The van der Waals surface area contributed by atoms with Crippen LogP contribution in [0, 0.1) is 5.41 Å². The summed E-state index contributed by atoms with van der Waals surface area (Å²) < 4.78 is 2.43. The maximum absolute atomic E-state index is 11.0. The molecule has 2 aromatic rings. The van der Waals surface area contributed by atoms with E-state index in [-0.39, 0.29) is 5.41 Å². The van der Waals surface area contributed by atoms with Gasteiger partial charge in [0.25, 0.3) is 0 Å².